The molecule has 1 aromatic rings. The second-order valence-electron chi connectivity index (χ2n) is 4.16. The van der Waals surface area contributed by atoms with Crippen LogP contribution in [0, 0.1) is 6.92 Å². The molecule has 1 aliphatic heterocycles. The van der Waals surface area contributed by atoms with Crippen LogP contribution in [0.4, 0.5) is 5.69 Å². The van der Waals surface area contributed by atoms with Gasteiger partial charge < -0.3 is 4.90 Å². The molecule has 0 bridgehead atoms. The van der Waals surface area contributed by atoms with Crippen molar-refractivity contribution in [3.05, 3.63) is 11.9 Å². The SMILES string of the molecule is Cc1c(N2CC(S(N)(=O)=O)CC2=O)cnn1C. The number of rotatable bonds is 2. The molecule has 0 radical (unpaired) electrons. The van der Waals surface area contributed by atoms with Crippen LogP contribution in [0.2, 0.25) is 0 Å². The van der Waals surface area contributed by atoms with E-state index in [0.717, 1.165) is 5.69 Å². The molecular weight excluding hydrogens is 244 g/mol. The smallest absolute Gasteiger partial charge is 0.228 e. The van der Waals surface area contributed by atoms with Gasteiger partial charge in [0.15, 0.2) is 0 Å². The Labute approximate surface area is 99.2 Å². The zero-order valence-electron chi connectivity index (χ0n) is 9.62. The van der Waals surface area contributed by atoms with Gasteiger partial charge in [0.1, 0.15) is 5.25 Å². The lowest BCUT2D eigenvalue weighted by molar-refractivity contribution is -0.117. The predicted molar refractivity (Wildman–Crippen MR) is 61.8 cm³/mol. The van der Waals surface area contributed by atoms with Crippen molar-refractivity contribution in [3.63, 3.8) is 0 Å². The Morgan fingerprint density at radius 1 is 1.53 bits per heavy atom. The van der Waals surface area contributed by atoms with E-state index < -0.39 is 15.3 Å². The predicted octanol–water partition coefficient (Wildman–Crippen LogP) is -0.878. The highest BCUT2D eigenvalue weighted by Gasteiger charge is 2.38. The van der Waals surface area contributed by atoms with Crippen molar-refractivity contribution in [2.24, 2.45) is 12.2 Å². The fraction of sp³-hybridized carbons (Fsp3) is 0.556. The van der Waals surface area contributed by atoms with E-state index in [0.29, 0.717) is 5.69 Å². The fourth-order valence-corrected chi connectivity index (χ4v) is 2.61. The number of aryl methyl sites for hydroxylation is 1. The van der Waals surface area contributed by atoms with Crippen LogP contribution in [0.15, 0.2) is 6.20 Å². The van der Waals surface area contributed by atoms with E-state index in [1.54, 1.807) is 17.9 Å². The maximum absolute atomic E-state index is 11.8. The minimum atomic E-state index is -3.67. The van der Waals surface area contributed by atoms with Crippen LogP contribution in [0.3, 0.4) is 0 Å². The Kier molecular flexibility index (Phi) is 2.70. The lowest BCUT2D eigenvalue weighted by Crippen LogP contribution is -2.32. The summed E-state index contributed by atoms with van der Waals surface area (Å²) in [5, 5.41) is 8.26. The molecule has 1 aromatic heterocycles. The molecule has 0 saturated carbocycles. The van der Waals surface area contributed by atoms with E-state index in [4.69, 9.17) is 5.14 Å². The lowest BCUT2D eigenvalue weighted by atomic mass is 10.3. The van der Waals surface area contributed by atoms with Gasteiger partial charge in [-0.1, -0.05) is 0 Å². The molecule has 1 unspecified atom stereocenters. The molecule has 1 fully saturated rings. The zero-order valence-corrected chi connectivity index (χ0v) is 10.4. The monoisotopic (exact) mass is 258 g/mol. The van der Waals surface area contributed by atoms with Gasteiger partial charge in [-0.15, -0.1) is 0 Å². The normalized spacial score (nSPS) is 21.2. The molecule has 1 amide bonds. The van der Waals surface area contributed by atoms with E-state index >= 15 is 0 Å². The Hall–Kier alpha value is -1.41. The van der Waals surface area contributed by atoms with Gasteiger partial charge in [-0.3, -0.25) is 9.48 Å². The maximum Gasteiger partial charge on any atom is 0.228 e. The van der Waals surface area contributed by atoms with Crippen LogP contribution >= 0.6 is 0 Å². The van der Waals surface area contributed by atoms with Gasteiger partial charge in [0, 0.05) is 20.0 Å². The zero-order chi connectivity index (χ0) is 12.8. The largest absolute Gasteiger partial charge is 0.308 e. The van der Waals surface area contributed by atoms with Gasteiger partial charge >= 0.3 is 0 Å². The van der Waals surface area contributed by atoms with Crippen molar-refractivity contribution in [1.82, 2.24) is 9.78 Å². The van der Waals surface area contributed by atoms with Crippen molar-refractivity contribution in [1.29, 1.82) is 0 Å². The van der Waals surface area contributed by atoms with Crippen molar-refractivity contribution in [2.45, 2.75) is 18.6 Å². The van der Waals surface area contributed by atoms with Crippen molar-refractivity contribution in [3.8, 4) is 0 Å². The van der Waals surface area contributed by atoms with Crippen LogP contribution in [-0.4, -0.2) is 35.9 Å². The van der Waals surface area contributed by atoms with Crippen molar-refractivity contribution >= 4 is 21.6 Å². The highest BCUT2D eigenvalue weighted by atomic mass is 32.2. The molecule has 7 nitrogen and oxygen atoms in total. The van der Waals surface area contributed by atoms with Gasteiger partial charge in [-0.05, 0) is 6.92 Å². The van der Waals surface area contributed by atoms with E-state index in [2.05, 4.69) is 5.10 Å². The molecular formula is C9H14N4O3S. The summed E-state index contributed by atoms with van der Waals surface area (Å²) in [6.45, 7) is 1.92. The van der Waals surface area contributed by atoms with Crippen LogP contribution in [-0.2, 0) is 21.9 Å². The number of carbonyl (C=O) groups excluding carboxylic acids is 1. The van der Waals surface area contributed by atoms with Crippen LogP contribution in [0.5, 0.6) is 0 Å². The van der Waals surface area contributed by atoms with Gasteiger partial charge in [-0.25, -0.2) is 13.6 Å². The number of anilines is 1. The molecule has 17 heavy (non-hydrogen) atoms. The van der Waals surface area contributed by atoms with Gasteiger partial charge in [0.25, 0.3) is 0 Å². The minimum Gasteiger partial charge on any atom is -0.308 e. The molecule has 1 saturated heterocycles. The first kappa shape index (κ1) is 12.1. The number of aromatic nitrogens is 2. The number of primary sulfonamides is 1. The number of amides is 1. The third-order valence-corrected chi connectivity index (χ3v) is 4.30. The topological polar surface area (TPSA) is 98.3 Å². The Morgan fingerprint density at radius 3 is 2.59 bits per heavy atom. The Morgan fingerprint density at radius 2 is 2.18 bits per heavy atom. The van der Waals surface area contributed by atoms with Crippen molar-refractivity contribution < 1.29 is 13.2 Å². The molecule has 0 spiro atoms. The molecule has 1 aliphatic rings. The maximum atomic E-state index is 11.8. The summed E-state index contributed by atoms with van der Waals surface area (Å²) in [4.78, 5) is 13.2. The summed E-state index contributed by atoms with van der Waals surface area (Å²) in [6, 6.07) is 0. The highest BCUT2D eigenvalue weighted by molar-refractivity contribution is 7.89. The molecule has 2 rings (SSSR count). The summed E-state index contributed by atoms with van der Waals surface area (Å²) in [5.41, 5.74) is 1.46. The molecule has 94 valence electrons. The van der Waals surface area contributed by atoms with Crippen LogP contribution in [0.1, 0.15) is 12.1 Å². The first-order valence-corrected chi connectivity index (χ1v) is 6.72. The molecule has 8 heteroatoms. The number of hydrogen-bond donors (Lipinski definition) is 1. The molecule has 0 aromatic carbocycles. The number of nitrogens with zero attached hydrogens (tertiary/aromatic N) is 3. The fourth-order valence-electron chi connectivity index (χ4n) is 1.88. The third kappa shape index (κ3) is 2.05. The summed E-state index contributed by atoms with van der Waals surface area (Å²) in [7, 11) is -1.91. The standard InChI is InChI=1S/C9H14N4O3S/c1-6-8(4-11-12(6)2)13-5-7(3-9(13)14)17(10,15)16/h4,7H,3,5H2,1-2H3,(H2,10,15,16). The second-order valence-corrected chi connectivity index (χ2v) is 6.00. The van der Waals surface area contributed by atoms with E-state index in [1.165, 1.54) is 4.90 Å². The number of sulfonamides is 1. The summed E-state index contributed by atoms with van der Waals surface area (Å²) in [5.74, 6) is -0.236. The number of carbonyl (C=O) groups is 1. The first-order chi connectivity index (χ1) is 7.80. The molecule has 0 aliphatic carbocycles. The number of hydrogen-bond acceptors (Lipinski definition) is 4. The van der Waals surface area contributed by atoms with Crippen LogP contribution < -0.4 is 10.0 Å². The quantitative estimate of drug-likeness (QED) is 0.745. The Bertz CT molecular complexity index is 563. The van der Waals surface area contributed by atoms with E-state index in [9.17, 15) is 13.2 Å². The summed E-state index contributed by atoms with van der Waals surface area (Å²) in [6.07, 6.45) is 1.49. The van der Waals surface area contributed by atoms with E-state index in [-0.39, 0.29) is 18.9 Å². The van der Waals surface area contributed by atoms with Gasteiger partial charge in [0.2, 0.25) is 15.9 Å². The summed E-state index contributed by atoms with van der Waals surface area (Å²) < 4.78 is 24.1. The average Bonchev–Trinajstić information content (AvgIpc) is 2.72. The van der Waals surface area contributed by atoms with Crippen LogP contribution in [0.25, 0.3) is 0 Å². The van der Waals surface area contributed by atoms with Crippen molar-refractivity contribution in [2.75, 3.05) is 11.4 Å². The second kappa shape index (κ2) is 3.81. The van der Waals surface area contributed by atoms with Gasteiger partial charge in [-0.2, -0.15) is 5.10 Å². The van der Waals surface area contributed by atoms with E-state index in [1.807, 2.05) is 6.92 Å². The third-order valence-electron chi connectivity index (χ3n) is 3.05. The van der Waals surface area contributed by atoms with Gasteiger partial charge in [0.05, 0.1) is 17.6 Å². The molecule has 2 heterocycles. The lowest BCUT2D eigenvalue weighted by Gasteiger charge is -2.15. The average molecular weight is 258 g/mol. The first-order valence-electron chi connectivity index (χ1n) is 5.11. The molecule has 1 atom stereocenters. The minimum absolute atomic E-state index is 0.0623. The Balaban J connectivity index is 2.31. The summed E-state index contributed by atoms with van der Waals surface area (Å²) >= 11 is 0. The number of nitrogens with two attached hydrogens (primary N) is 1. The highest BCUT2D eigenvalue weighted by Crippen LogP contribution is 2.26. The molecule has 2 N–H and O–H groups in total.